The van der Waals surface area contributed by atoms with Gasteiger partial charge >= 0.3 is 0 Å². The average Bonchev–Trinajstić information content (AvgIpc) is 3.00. The highest BCUT2D eigenvalue weighted by molar-refractivity contribution is 5.80. The molecule has 1 fully saturated rings. The van der Waals surface area contributed by atoms with Crippen molar-refractivity contribution in [2.75, 3.05) is 31.6 Å². The number of aromatic nitrogens is 1. The number of aryl methyl sites for hydroxylation is 2. The van der Waals surface area contributed by atoms with Crippen molar-refractivity contribution in [3.05, 3.63) is 47.3 Å². The summed E-state index contributed by atoms with van der Waals surface area (Å²) in [6.45, 7) is 6.89. The molecule has 0 radical (unpaired) electrons. The van der Waals surface area contributed by atoms with Crippen LogP contribution in [0.3, 0.4) is 0 Å². The van der Waals surface area contributed by atoms with Crippen LogP contribution in [0.15, 0.2) is 39.8 Å². The molecule has 0 atom stereocenters. The maximum atomic E-state index is 5.22. The Hall–Kier alpha value is -2.50. The Morgan fingerprint density at radius 2 is 1.96 bits per heavy atom. The van der Waals surface area contributed by atoms with Crippen LogP contribution in [0.1, 0.15) is 29.9 Å². The number of piperidine rings is 1. The fourth-order valence-corrected chi connectivity index (χ4v) is 3.47. The third-order valence-corrected chi connectivity index (χ3v) is 5.03. The van der Waals surface area contributed by atoms with Gasteiger partial charge in [-0.05, 0) is 45.2 Å². The van der Waals surface area contributed by atoms with Crippen LogP contribution < -0.4 is 15.5 Å². The maximum absolute atomic E-state index is 5.22. The fraction of sp³-hybridized carbons (Fsp3) is 0.500. The van der Waals surface area contributed by atoms with Crippen molar-refractivity contribution in [3.8, 4) is 0 Å². The predicted octanol–water partition coefficient (Wildman–Crippen LogP) is 2.67. The molecule has 3 rings (SSSR count). The number of aliphatic imine (C=N–C) groups is 1. The molecule has 26 heavy (non-hydrogen) atoms. The van der Waals surface area contributed by atoms with E-state index in [2.05, 4.69) is 56.0 Å². The number of anilines is 1. The molecule has 0 amide bonds. The van der Waals surface area contributed by atoms with E-state index in [-0.39, 0.29) is 0 Å². The standard InChI is InChI=1S/C20H29N5O/c1-15-19(16(2)26-24-15)9-12-22-20(21-3)23-17-10-13-25(14-11-17)18-7-5-4-6-8-18/h4-8,17H,9-14H2,1-3H3,(H2,21,22,23). The summed E-state index contributed by atoms with van der Waals surface area (Å²) in [5.41, 5.74) is 3.47. The first kappa shape index (κ1) is 18.3. The normalized spacial score (nSPS) is 16.0. The summed E-state index contributed by atoms with van der Waals surface area (Å²) in [6, 6.07) is 11.1. The minimum absolute atomic E-state index is 0.459. The Balaban J connectivity index is 1.43. The van der Waals surface area contributed by atoms with Gasteiger partial charge in [0.15, 0.2) is 5.96 Å². The molecule has 2 aromatic rings. The monoisotopic (exact) mass is 355 g/mol. The average molecular weight is 355 g/mol. The van der Waals surface area contributed by atoms with Crippen molar-refractivity contribution < 1.29 is 4.52 Å². The van der Waals surface area contributed by atoms with Crippen LogP contribution in [0, 0.1) is 13.8 Å². The second-order valence-electron chi connectivity index (χ2n) is 6.79. The lowest BCUT2D eigenvalue weighted by molar-refractivity contribution is 0.392. The van der Waals surface area contributed by atoms with Crippen molar-refractivity contribution in [2.24, 2.45) is 4.99 Å². The lowest BCUT2D eigenvalue weighted by atomic mass is 10.0. The van der Waals surface area contributed by atoms with Gasteiger partial charge in [0, 0.05) is 44.0 Å². The van der Waals surface area contributed by atoms with Gasteiger partial charge in [0.2, 0.25) is 0 Å². The highest BCUT2D eigenvalue weighted by atomic mass is 16.5. The van der Waals surface area contributed by atoms with Gasteiger partial charge in [0.25, 0.3) is 0 Å². The number of benzene rings is 1. The van der Waals surface area contributed by atoms with Gasteiger partial charge in [-0.2, -0.15) is 0 Å². The lowest BCUT2D eigenvalue weighted by Crippen LogP contribution is -2.49. The largest absolute Gasteiger partial charge is 0.371 e. The number of guanidine groups is 1. The van der Waals surface area contributed by atoms with E-state index < -0.39 is 0 Å². The fourth-order valence-electron chi connectivity index (χ4n) is 3.47. The van der Waals surface area contributed by atoms with E-state index in [4.69, 9.17) is 4.52 Å². The van der Waals surface area contributed by atoms with E-state index in [9.17, 15) is 0 Å². The molecule has 1 aromatic carbocycles. The third-order valence-electron chi connectivity index (χ3n) is 5.03. The van der Waals surface area contributed by atoms with E-state index in [0.29, 0.717) is 6.04 Å². The molecule has 6 nitrogen and oxygen atoms in total. The quantitative estimate of drug-likeness (QED) is 0.638. The summed E-state index contributed by atoms with van der Waals surface area (Å²) in [5, 5.41) is 11.0. The molecule has 1 aromatic heterocycles. The topological polar surface area (TPSA) is 65.7 Å². The van der Waals surface area contributed by atoms with Crippen molar-refractivity contribution in [3.63, 3.8) is 0 Å². The Morgan fingerprint density at radius 1 is 1.23 bits per heavy atom. The van der Waals surface area contributed by atoms with Crippen molar-refractivity contribution >= 4 is 11.6 Å². The van der Waals surface area contributed by atoms with Gasteiger partial charge in [-0.25, -0.2) is 0 Å². The Labute approximate surface area is 155 Å². The Morgan fingerprint density at radius 3 is 2.58 bits per heavy atom. The van der Waals surface area contributed by atoms with E-state index in [0.717, 1.165) is 56.3 Å². The molecule has 0 unspecified atom stereocenters. The SMILES string of the molecule is CN=C(NCCc1c(C)noc1C)NC1CCN(c2ccccc2)CC1. The molecular weight excluding hydrogens is 326 g/mol. The van der Waals surface area contributed by atoms with Crippen LogP contribution in [0.25, 0.3) is 0 Å². The molecule has 0 aliphatic carbocycles. The van der Waals surface area contributed by atoms with Crippen molar-refractivity contribution in [1.29, 1.82) is 0 Å². The van der Waals surface area contributed by atoms with E-state index >= 15 is 0 Å². The van der Waals surface area contributed by atoms with E-state index in [1.165, 1.54) is 11.3 Å². The van der Waals surface area contributed by atoms with Crippen LogP contribution >= 0.6 is 0 Å². The molecule has 0 spiro atoms. The number of hydrogen-bond acceptors (Lipinski definition) is 4. The van der Waals surface area contributed by atoms with Gasteiger partial charge in [0.1, 0.15) is 5.76 Å². The van der Waals surface area contributed by atoms with Gasteiger partial charge in [-0.1, -0.05) is 23.4 Å². The predicted molar refractivity (Wildman–Crippen MR) is 106 cm³/mol. The van der Waals surface area contributed by atoms with Crippen LogP contribution in [0.4, 0.5) is 5.69 Å². The Kier molecular flexibility index (Phi) is 6.15. The number of rotatable bonds is 5. The summed E-state index contributed by atoms with van der Waals surface area (Å²) < 4.78 is 5.22. The summed E-state index contributed by atoms with van der Waals surface area (Å²) in [4.78, 5) is 6.82. The highest BCUT2D eigenvalue weighted by Crippen LogP contribution is 2.19. The second kappa shape index (κ2) is 8.74. The maximum Gasteiger partial charge on any atom is 0.191 e. The zero-order valence-electron chi connectivity index (χ0n) is 16.0. The molecule has 6 heteroatoms. The number of nitrogens with one attached hydrogen (secondary N) is 2. The molecule has 0 saturated carbocycles. The minimum atomic E-state index is 0.459. The van der Waals surface area contributed by atoms with Gasteiger partial charge in [0.05, 0.1) is 5.69 Å². The van der Waals surface area contributed by atoms with E-state index in [1.807, 2.05) is 20.9 Å². The second-order valence-corrected chi connectivity index (χ2v) is 6.79. The first-order chi connectivity index (χ1) is 12.7. The lowest BCUT2D eigenvalue weighted by Gasteiger charge is -2.34. The summed E-state index contributed by atoms with van der Waals surface area (Å²) >= 11 is 0. The van der Waals surface area contributed by atoms with Crippen LogP contribution in [0.2, 0.25) is 0 Å². The zero-order chi connectivity index (χ0) is 18.4. The summed E-state index contributed by atoms with van der Waals surface area (Å²) in [7, 11) is 1.82. The number of hydrogen-bond donors (Lipinski definition) is 2. The zero-order valence-corrected chi connectivity index (χ0v) is 16.0. The first-order valence-electron chi connectivity index (χ1n) is 9.36. The number of nitrogens with zero attached hydrogens (tertiary/aromatic N) is 3. The van der Waals surface area contributed by atoms with Crippen LogP contribution in [-0.2, 0) is 6.42 Å². The Bertz CT molecular complexity index is 698. The van der Waals surface area contributed by atoms with Crippen LogP contribution in [-0.4, -0.2) is 43.8 Å². The van der Waals surface area contributed by atoms with Crippen LogP contribution in [0.5, 0.6) is 0 Å². The smallest absolute Gasteiger partial charge is 0.191 e. The molecule has 2 heterocycles. The van der Waals surface area contributed by atoms with Gasteiger partial charge < -0.3 is 20.1 Å². The number of para-hydroxylation sites is 1. The van der Waals surface area contributed by atoms with E-state index in [1.54, 1.807) is 0 Å². The van der Waals surface area contributed by atoms with Gasteiger partial charge in [-0.15, -0.1) is 0 Å². The molecule has 140 valence electrons. The summed E-state index contributed by atoms with van der Waals surface area (Å²) in [5.74, 6) is 1.77. The first-order valence-corrected chi connectivity index (χ1v) is 9.36. The minimum Gasteiger partial charge on any atom is -0.371 e. The molecule has 0 bridgehead atoms. The molecular formula is C20H29N5O. The molecule has 2 N–H and O–H groups in total. The molecule has 1 aliphatic rings. The third kappa shape index (κ3) is 4.56. The highest BCUT2D eigenvalue weighted by Gasteiger charge is 2.20. The van der Waals surface area contributed by atoms with Crippen molar-refractivity contribution in [1.82, 2.24) is 15.8 Å². The van der Waals surface area contributed by atoms with Gasteiger partial charge in [-0.3, -0.25) is 4.99 Å². The summed E-state index contributed by atoms with van der Waals surface area (Å²) in [6.07, 6.45) is 3.10. The molecule has 1 aliphatic heterocycles. The van der Waals surface area contributed by atoms with Crippen molar-refractivity contribution in [2.45, 2.75) is 39.2 Å². The molecule has 1 saturated heterocycles.